The van der Waals surface area contributed by atoms with E-state index in [1.807, 2.05) is 6.07 Å². The quantitative estimate of drug-likeness (QED) is 0.608. The van der Waals surface area contributed by atoms with E-state index in [-0.39, 0.29) is 17.7 Å². The van der Waals surface area contributed by atoms with Crippen molar-refractivity contribution in [2.45, 2.75) is 12.8 Å². The Hall–Kier alpha value is -2.13. The number of hydrogen-bond acceptors (Lipinski definition) is 5. The first-order valence-corrected chi connectivity index (χ1v) is 5.63. The molecule has 0 atom stereocenters. The summed E-state index contributed by atoms with van der Waals surface area (Å²) in [5.74, 6) is 0. The minimum atomic E-state index is -0.484. The van der Waals surface area contributed by atoms with E-state index >= 15 is 0 Å². The molecule has 6 nitrogen and oxygen atoms in total. The van der Waals surface area contributed by atoms with Crippen molar-refractivity contribution in [1.82, 2.24) is 0 Å². The summed E-state index contributed by atoms with van der Waals surface area (Å²) in [5, 5.41) is 31.8. The number of nitrogens with zero attached hydrogens (tertiary/aromatic N) is 2. The molecule has 0 heterocycles. The van der Waals surface area contributed by atoms with Gasteiger partial charge in [-0.1, -0.05) is 0 Å². The van der Waals surface area contributed by atoms with E-state index in [1.165, 1.54) is 18.2 Å². The van der Waals surface area contributed by atoms with Crippen LogP contribution in [0.1, 0.15) is 18.4 Å². The lowest BCUT2D eigenvalue weighted by molar-refractivity contribution is -0.384. The summed E-state index contributed by atoms with van der Waals surface area (Å²) in [7, 11) is 0. The van der Waals surface area contributed by atoms with Gasteiger partial charge in [-0.3, -0.25) is 10.1 Å². The molecule has 94 valence electrons. The number of rotatable bonds is 5. The third-order valence-electron chi connectivity index (χ3n) is 3.27. The molecule has 1 aliphatic rings. The molecule has 1 saturated carbocycles. The van der Waals surface area contributed by atoms with Gasteiger partial charge in [-0.15, -0.1) is 0 Å². The van der Waals surface area contributed by atoms with Crippen LogP contribution in [-0.4, -0.2) is 23.2 Å². The lowest BCUT2D eigenvalue weighted by Gasteiger charge is -2.13. The number of hydrogen-bond donors (Lipinski definition) is 2. The molecule has 2 rings (SSSR count). The lowest BCUT2D eigenvalue weighted by Crippen LogP contribution is -2.19. The number of aliphatic hydroxyl groups is 1. The number of aliphatic hydroxyl groups excluding tert-OH is 1. The van der Waals surface area contributed by atoms with Crippen molar-refractivity contribution in [3.05, 3.63) is 33.9 Å². The Labute approximate surface area is 104 Å². The maximum absolute atomic E-state index is 10.9. The van der Waals surface area contributed by atoms with E-state index in [1.54, 1.807) is 0 Å². The van der Waals surface area contributed by atoms with Crippen LogP contribution in [0.25, 0.3) is 0 Å². The molecule has 1 fully saturated rings. The monoisotopic (exact) mass is 247 g/mol. The fourth-order valence-electron chi connectivity index (χ4n) is 1.76. The molecular weight excluding hydrogens is 234 g/mol. The molecule has 0 radical (unpaired) electrons. The summed E-state index contributed by atoms with van der Waals surface area (Å²) in [6.45, 7) is 0.560. The van der Waals surface area contributed by atoms with Crippen molar-refractivity contribution in [2.75, 3.05) is 18.5 Å². The zero-order valence-electron chi connectivity index (χ0n) is 9.72. The van der Waals surface area contributed by atoms with Crippen molar-refractivity contribution < 1.29 is 10.0 Å². The lowest BCUT2D eigenvalue weighted by atomic mass is 10.1. The van der Waals surface area contributed by atoms with Crippen molar-refractivity contribution >= 4 is 11.4 Å². The van der Waals surface area contributed by atoms with Crippen LogP contribution in [-0.2, 0) is 0 Å². The van der Waals surface area contributed by atoms with Crippen molar-refractivity contribution in [3.8, 4) is 6.07 Å². The van der Waals surface area contributed by atoms with E-state index < -0.39 is 4.92 Å². The van der Waals surface area contributed by atoms with Crippen molar-refractivity contribution in [3.63, 3.8) is 0 Å². The van der Waals surface area contributed by atoms with E-state index in [9.17, 15) is 15.2 Å². The average molecular weight is 247 g/mol. The molecule has 1 aliphatic carbocycles. The standard InChI is InChI=1S/C12H13N3O3/c13-6-9-1-2-11(15(17)18)10(5-9)14-7-12(8-16)3-4-12/h1-2,5,14,16H,3-4,7-8H2. The Morgan fingerprint density at radius 3 is 2.78 bits per heavy atom. The molecule has 0 unspecified atom stereocenters. The van der Waals surface area contributed by atoms with Gasteiger partial charge in [0.15, 0.2) is 0 Å². The Kier molecular flexibility index (Phi) is 3.17. The number of nitro groups is 1. The van der Waals surface area contributed by atoms with Crippen LogP contribution in [0.2, 0.25) is 0 Å². The molecule has 0 saturated heterocycles. The summed E-state index contributed by atoms with van der Waals surface area (Å²) in [4.78, 5) is 10.4. The molecule has 6 heteroatoms. The van der Waals surface area contributed by atoms with Gasteiger partial charge in [-0.05, 0) is 25.0 Å². The molecule has 2 N–H and O–H groups in total. The van der Waals surface area contributed by atoms with Gasteiger partial charge >= 0.3 is 0 Å². The second-order valence-corrected chi connectivity index (χ2v) is 4.61. The number of nitro benzene ring substituents is 1. The van der Waals surface area contributed by atoms with Crippen LogP contribution >= 0.6 is 0 Å². The average Bonchev–Trinajstić information content (AvgIpc) is 3.16. The van der Waals surface area contributed by atoms with Crippen LogP contribution in [0, 0.1) is 26.9 Å². The summed E-state index contributed by atoms with van der Waals surface area (Å²) < 4.78 is 0. The van der Waals surface area contributed by atoms with Gasteiger partial charge < -0.3 is 10.4 Å². The highest BCUT2D eigenvalue weighted by molar-refractivity contribution is 5.64. The molecule has 0 spiro atoms. The summed E-state index contributed by atoms with van der Waals surface area (Å²) in [6, 6.07) is 6.15. The van der Waals surface area contributed by atoms with Crippen molar-refractivity contribution in [2.24, 2.45) is 5.41 Å². The topological polar surface area (TPSA) is 99.2 Å². The molecule has 0 aromatic heterocycles. The minimum absolute atomic E-state index is 0.0530. The Morgan fingerprint density at radius 2 is 2.28 bits per heavy atom. The third kappa shape index (κ3) is 2.41. The van der Waals surface area contributed by atoms with Crippen LogP contribution in [0.3, 0.4) is 0 Å². The Balaban J connectivity index is 2.19. The predicted molar refractivity (Wildman–Crippen MR) is 65.1 cm³/mol. The highest BCUT2D eigenvalue weighted by atomic mass is 16.6. The number of nitrogens with one attached hydrogen (secondary N) is 1. The summed E-state index contributed by atoms with van der Waals surface area (Å²) >= 11 is 0. The van der Waals surface area contributed by atoms with E-state index in [2.05, 4.69) is 5.32 Å². The van der Waals surface area contributed by atoms with Gasteiger partial charge in [0.05, 0.1) is 23.2 Å². The SMILES string of the molecule is N#Cc1ccc([N+](=O)[O-])c(NCC2(CO)CC2)c1. The second-order valence-electron chi connectivity index (χ2n) is 4.61. The fraction of sp³-hybridized carbons (Fsp3) is 0.417. The number of nitriles is 1. The van der Waals surface area contributed by atoms with Crippen LogP contribution in [0.15, 0.2) is 18.2 Å². The molecule has 1 aromatic rings. The molecule has 0 aliphatic heterocycles. The molecule has 0 amide bonds. The van der Waals surface area contributed by atoms with Gasteiger partial charge in [-0.2, -0.15) is 5.26 Å². The van der Waals surface area contributed by atoms with Crippen LogP contribution in [0.5, 0.6) is 0 Å². The van der Waals surface area contributed by atoms with E-state index in [0.29, 0.717) is 17.8 Å². The van der Waals surface area contributed by atoms with Gasteiger partial charge in [-0.25, -0.2) is 0 Å². The van der Waals surface area contributed by atoms with Gasteiger partial charge in [0, 0.05) is 18.0 Å². The van der Waals surface area contributed by atoms with Gasteiger partial charge in [0.2, 0.25) is 0 Å². The molecule has 0 bridgehead atoms. The predicted octanol–water partition coefficient (Wildman–Crippen LogP) is 1.65. The maximum atomic E-state index is 10.9. The third-order valence-corrected chi connectivity index (χ3v) is 3.27. The zero-order chi connectivity index (χ0) is 13.2. The van der Waals surface area contributed by atoms with E-state index in [4.69, 9.17) is 5.26 Å². The van der Waals surface area contributed by atoms with E-state index in [0.717, 1.165) is 12.8 Å². The van der Waals surface area contributed by atoms with Gasteiger partial charge in [0.1, 0.15) is 5.69 Å². The largest absolute Gasteiger partial charge is 0.396 e. The Bertz CT molecular complexity index is 518. The fourth-order valence-corrected chi connectivity index (χ4v) is 1.76. The Morgan fingerprint density at radius 1 is 1.56 bits per heavy atom. The number of anilines is 1. The molecule has 1 aromatic carbocycles. The summed E-state index contributed by atoms with van der Waals surface area (Å²) in [5.41, 5.74) is 0.509. The summed E-state index contributed by atoms with van der Waals surface area (Å²) in [6.07, 6.45) is 1.84. The zero-order valence-corrected chi connectivity index (χ0v) is 9.72. The highest BCUT2D eigenvalue weighted by Crippen LogP contribution is 2.45. The maximum Gasteiger partial charge on any atom is 0.292 e. The first kappa shape index (κ1) is 12.3. The molecular formula is C12H13N3O3. The first-order valence-electron chi connectivity index (χ1n) is 5.63. The highest BCUT2D eigenvalue weighted by Gasteiger charge is 2.41. The normalized spacial score (nSPS) is 15.8. The minimum Gasteiger partial charge on any atom is -0.396 e. The molecule has 18 heavy (non-hydrogen) atoms. The second kappa shape index (κ2) is 4.63. The number of benzene rings is 1. The van der Waals surface area contributed by atoms with Crippen molar-refractivity contribution in [1.29, 1.82) is 5.26 Å². The van der Waals surface area contributed by atoms with Crippen LogP contribution < -0.4 is 5.32 Å². The van der Waals surface area contributed by atoms with Crippen LogP contribution in [0.4, 0.5) is 11.4 Å². The smallest absolute Gasteiger partial charge is 0.292 e. The first-order chi connectivity index (χ1) is 8.60. The van der Waals surface area contributed by atoms with Gasteiger partial charge in [0.25, 0.3) is 5.69 Å².